The summed E-state index contributed by atoms with van der Waals surface area (Å²) < 4.78 is 0. The molecule has 0 saturated carbocycles. The van der Waals surface area contributed by atoms with Crippen molar-refractivity contribution < 1.29 is 0 Å². The number of hydrogen-bond acceptors (Lipinski definition) is 1. The Balaban J connectivity index is 1.16. The van der Waals surface area contributed by atoms with Crippen LogP contribution in [-0.2, 0) is 19.4 Å². The van der Waals surface area contributed by atoms with Gasteiger partial charge in [-0.1, -0.05) is 170 Å². The molecule has 56 heavy (non-hydrogen) atoms. The summed E-state index contributed by atoms with van der Waals surface area (Å²) in [6.07, 6.45) is 1.78. The van der Waals surface area contributed by atoms with Crippen molar-refractivity contribution in [1.82, 2.24) is 0 Å². The number of rotatable bonds is 7. The van der Waals surface area contributed by atoms with E-state index in [9.17, 15) is 0 Å². The van der Waals surface area contributed by atoms with Crippen molar-refractivity contribution in [3.8, 4) is 55.6 Å². The van der Waals surface area contributed by atoms with Gasteiger partial charge >= 0.3 is 0 Å². The van der Waals surface area contributed by atoms with E-state index in [2.05, 4.69) is 188 Å². The molecule has 0 aromatic heterocycles. The normalized spacial score (nSPS) is 12.9. The second kappa shape index (κ2) is 14.3. The largest absolute Gasteiger partial charge is 0.383 e. The summed E-state index contributed by atoms with van der Waals surface area (Å²) in [6, 6.07) is 66.8. The molecule has 0 fully saturated rings. The Kier molecular flexibility index (Phi) is 8.53. The number of aliphatic imine (C=N–C) groups is 2. The number of nitrogens with zero attached hydrogens (tertiary/aromatic N) is 2. The second-order valence-corrected chi connectivity index (χ2v) is 14.7. The van der Waals surface area contributed by atoms with Crippen LogP contribution in [0.1, 0.15) is 38.9 Å². The molecule has 2 aliphatic carbocycles. The number of hydrogen-bond donors (Lipinski definition) is 1. The van der Waals surface area contributed by atoms with Crippen molar-refractivity contribution >= 4 is 11.7 Å². The molecular formula is C53H39N3. The van der Waals surface area contributed by atoms with Crippen LogP contribution < -0.4 is 5.73 Å². The molecule has 0 atom stereocenters. The molecule has 0 unspecified atom stereocenters. The Bertz CT molecular complexity index is 2760. The molecule has 0 aliphatic heterocycles. The van der Waals surface area contributed by atoms with Crippen LogP contribution in [0, 0.1) is 0 Å². The Morgan fingerprint density at radius 2 is 1.00 bits per heavy atom. The minimum atomic E-state index is 0.448. The lowest BCUT2D eigenvalue weighted by atomic mass is 9.92. The number of amidine groups is 2. The molecule has 266 valence electrons. The summed E-state index contributed by atoms with van der Waals surface area (Å²) in [5, 5.41) is 0. The van der Waals surface area contributed by atoms with E-state index in [1.54, 1.807) is 0 Å². The van der Waals surface area contributed by atoms with Gasteiger partial charge in [0.05, 0.1) is 6.54 Å². The van der Waals surface area contributed by atoms with Gasteiger partial charge < -0.3 is 5.73 Å². The first-order valence-electron chi connectivity index (χ1n) is 19.3. The minimum absolute atomic E-state index is 0.448. The van der Waals surface area contributed by atoms with Crippen LogP contribution in [0.4, 0.5) is 0 Å². The first-order valence-corrected chi connectivity index (χ1v) is 19.3. The third-order valence-corrected chi connectivity index (χ3v) is 11.3. The van der Waals surface area contributed by atoms with Crippen LogP contribution in [0.3, 0.4) is 0 Å². The lowest BCUT2D eigenvalue weighted by molar-refractivity contribution is 1.06. The lowest BCUT2D eigenvalue weighted by Gasteiger charge is -2.15. The molecule has 2 N–H and O–H groups in total. The predicted molar refractivity (Wildman–Crippen MR) is 233 cm³/mol. The van der Waals surface area contributed by atoms with Gasteiger partial charge in [0.2, 0.25) is 0 Å². The number of nitrogens with two attached hydrogens (primary N) is 1. The van der Waals surface area contributed by atoms with E-state index < -0.39 is 0 Å². The maximum Gasteiger partial charge on any atom is 0.157 e. The molecule has 0 radical (unpaired) electrons. The Hall–Kier alpha value is -7.10. The highest BCUT2D eigenvalue weighted by Gasteiger charge is 2.25. The van der Waals surface area contributed by atoms with Crippen LogP contribution in [-0.4, -0.2) is 11.7 Å². The second-order valence-electron chi connectivity index (χ2n) is 14.7. The number of fused-ring (bicyclic) bond motifs is 6. The smallest absolute Gasteiger partial charge is 0.157 e. The Morgan fingerprint density at radius 3 is 1.66 bits per heavy atom. The highest BCUT2D eigenvalue weighted by Crippen LogP contribution is 2.44. The van der Waals surface area contributed by atoms with Crippen LogP contribution in [0.25, 0.3) is 55.6 Å². The van der Waals surface area contributed by atoms with Gasteiger partial charge in [0, 0.05) is 11.1 Å². The van der Waals surface area contributed by atoms with Crippen LogP contribution >= 0.6 is 0 Å². The third kappa shape index (κ3) is 6.14. The fourth-order valence-corrected chi connectivity index (χ4v) is 8.62. The molecule has 8 aromatic rings. The van der Waals surface area contributed by atoms with Gasteiger partial charge in [-0.2, -0.15) is 0 Å². The van der Waals surface area contributed by atoms with Crippen LogP contribution in [0.5, 0.6) is 0 Å². The monoisotopic (exact) mass is 717 g/mol. The average Bonchev–Trinajstić information content (AvgIpc) is 3.85. The maximum atomic E-state index is 7.14. The van der Waals surface area contributed by atoms with Gasteiger partial charge in [0.1, 0.15) is 5.84 Å². The van der Waals surface area contributed by atoms with Gasteiger partial charge in [-0.3, -0.25) is 4.99 Å². The standard InChI is InChI=1S/C53H39N3/c54-52(48-26-14-23-40-29-38-21-10-12-24-46(38)50(40)48)56-53(44-31-42(35-15-4-1-5-16-35)30-43(32-44)36-17-6-2-7-18-36)55-34-41-27-28-45(37-19-8-3-9-20-37)49-33-39-22-11-13-25-47(39)51(41)49/h1-28,30-32H,29,33-34H2,(H2,54,55,56). The summed E-state index contributed by atoms with van der Waals surface area (Å²) >= 11 is 0. The van der Waals surface area contributed by atoms with Gasteiger partial charge in [0.25, 0.3) is 0 Å². The van der Waals surface area contributed by atoms with E-state index in [1.807, 2.05) is 0 Å². The predicted octanol–water partition coefficient (Wildman–Crippen LogP) is 12.2. The first kappa shape index (κ1) is 33.5. The number of benzene rings is 8. The highest BCUT2D eigenvalue weighted by molar-refractivity contribution is 6.14. The molecule has 0 amide bonds. The Morgan fingerprint density at radius 1 is 0.446 bits per heavy atom. The minimum Gasteiger partial charge on any atom is -0.383 e. The highest BCUT2D eigenvalue weighted by atomic mass is 15.0. The zero-order chi connectivity index (χ0) is 37.4. The van der Waals surface area contributed by atoms with E-state index >= 15 is 0 Å². The maximum absolute atomic E-state index is 7.14. The molecule has 0 heterocycles. The molecule has 3 nitrogen and oxygen atoms in total. The molecule has 2 aliphatic rings. The summed E-state index contributed by atoms with van der Waals surface area (Å²) in [7, 11) is 0. The first-order chi connectivity index (χ1) is 27.7. The Labute approximate surface area is 328 Å². The van der Waals surface area contributed by atoms with Gasteiger partial charge in [-0.25, -0.2) is 4.99 Å². The summed E-state index contributed by atoms with van der Waals surface area (Å²) in [5.74, 6) is 1.06. The summed E-state index contributed by atoms with van der Waals surface area (Å²) in [6.45, 7) is 0.448. The van der Waals surface area contributed by atoms with E-state index in [4.69, 9.17) is 15.7 Å². The van der Waals surface area contributed by atoms with E-state index in [0.717, 1.165) is 51.8 Å². The molecule has 0 bridgehead atoms. The summed E-state index contributed by atoms with van der Waals surface area (Å²) in [5.41, 5.74) is 27.4. The zero-order valence-corrected chi connectivity index (χ0v) is 31.0. The van der Waals surface area contributed by atoms with Crippen molar-refractivity contribution in [1.29, 1.82) is 0 Å². The van der Waals surface area contributed by atoms with E-state index in [1.165, 1.54) is 55.6 Å². The molecule has 8 aromatic carbocycles. The van der Waals surface area contributed by atoms with Gasteiger partial charge in [-0.15, -0.1) is 0 Å². The van der Waals surface area contributed by atoms with Crippen LogP contribution in [0.15, 0.2) is 198 Å². The van der Waals surface area contributed by atoms with E-state index in [-0.39, 0.29) is 0 Å². The average molecular weight is 718 g/mol. The third-order valence-electron chi connectivity index (χ3n) is 11.3. The molecule has 10 rings (SSSR count). The molecular weight excluding hydrogens is 679 g/mol. The SMILES string of the molecule is NC(=NC(=NCc1ccc(-c2ccccc2)c2c1-c1ccccc1C2)c1cc(-c2ccccc2)cc(-c2ccccc2)c1)c1cccc2c1-c1ccccc1C2. The zero-order valence-electron chi connectivity index (χ0n) is 31.0. The topological polar surface area (TPSA) is 50.7 Å². The molecule has 0 saturated heterocycles. The van der Waals surface area contributed by atoms with Gasteiger partial charge in [-0.05, 0) is 114 Å². The van der Waals surface area contributed by atoms with Crippen molar-refractivity contribution in [2.45, 2.75) is 19.4 Å². The summed E-state index contributed by atoms with van der Waals surface area (Å²) in [4.78, 5) is 10.7. The lowest BCUT2D eigenvalue weighted by Crippen LogP contribution is -2.18. The van der Waals surface area contributed by atoms with Crippen molar-refractivity contribution in [3.05, 3.63) is 227 Å². The fraction of sp³-hybridized carbons (Fsp3) is 0.0566. The van der Waals surface area contributed by atoms with Crippen LogP contribution in [0.2, 0.25) is 0 Å². The molecule has 0 spiro atoms. The van der Waals surface area contributed by atoms with Crippen molar-refractivity contribution in [2.24, 2.45) is 15.7 Å². The molecule has 3 heteroatoms. The van der Waals surface area contributed by atoms with Gasteiger partial charge in [0.15, 0.2) is 5.84 Å². The van der Waals surface area contributed by atoms with Crippen molar-refractivity contribution in [2.75, 3.05) is 0 Å². The fourth-order valence-electron chi connectivity index (χ4n) is 8.62. The quantitative estimate of drug-likeness (QED) is 0.129. The van der Waals surface area contributed by atoms with Crippen molar-refractivity contribution in [3.63, 3.8) is 0 Å². The van der Waals surface area contributed by atoms with E-state index in [0.29, 0.717) is 18.2 Å².